The van der Waals surface area contributed by atoms with E-state index in [0.29, 0.717) is 25.7 Å². The highest BCUT2D eigenvalue weighted by Gasteiger charge is 2.30. The molecule has 19 heteroatoms. The number of unbranched alkanes of at least 4 members (excludes halogenated alkanes) is 41. The molecule has 0 heterocycles. The van der Waals surface area contributed by atoms with Gasteiger partial charge in [0.25, 0.3) is 0 Å². The van der Waals surface area contributed by atoms with Gasteiger partial charge in [-0.2, -0.15) is 0 Å². The highest BCUT2D eigenvalue weighted by Crippen LogP contribution is 2.45. The second-order valence-electron chi connectivity index (χ2n) is 30.2. The Balaban J connectivity index is 5.21. The Morgan fingerprint density at radius 1 is 0.283 bits per heavy atom. The fourth-order valence-corrected chi connectivity index (χ4v) is 13.8. The molecule has 0 bridgehead atoms. The summed E-state index contributed by atoms with van der Waals surface area (Å²) in [4.78, 5) is 72.9. The van der Waals surface area contributed by atoms with Crippen LogP contribution in [0.4, 0.5) is 0 Å². The number of aliphatic hydroxyl groups excluding tert-OH is 1. The van der Waals surface area contributed by atoms with Gasteiger partial charge in [-0.05, 0) is 49.4 Å². The summed E-state index contributed by atoms with van der Waals surface area (Å²) in [6.45, 7) is 14.3. The second kappa shape index (κ2) is 69.1. The van der Waals surface area contributed by atoms with Crippen LogP contribution in [0, 0.1) is 23.7 Å². The molecule has 0 aliphatic rings. The molecule has 0 aliphatic carbocycles. The average molecular weight is 1450 g/mol. The molecule has 3 N–H and O–H groups in total. The molecule has 0 aromatic heterocycles. The number of phosphoric ester groups is 2. The van der Waals surface area contributed by atoms with Gasteiger partial charge in [0.15, 0.2) is 12.2 Å². The molecule has 17 nitrogen and oxygen atoms in total. The monoisotopic (exact) mass is 1450 g/mol. The van der Waals surface area contributed by atoms with Crippen molar-refractivity contribution in [2.45, 2.75) is 427 Å². The zero-order valence-electron chi connectivity index (χ0n) is 65.1. The van der Waals surface area contributed by atoms with Crippen LogP contribution in [0.1, 0.15) is 409 Å². The first-order chi connectivity index (χ1) is 47.7. The Hall–Kier alpha value is -1.94. The third-order valence-corrected chi connectivity index (χ3v) is 21.2. The van der Waals surface area contributed by atoms with Gasteiger partial charge < -0.3 is 33.8 Å². The zero-order chi connectivity index (χ0) is 73.1. The molecule has 0 saturated heterocycles. The van der Waals surface area contributed by atoms with Gasteiger partial charge in [-0.1, -0.05) is 357 Å². The fourth-order valence-electron chi connectivity index (χ4n) is 12.2. The summed E-state index contributed by atoms with van der Waals surface area (Å²) in [6.07, 6.45) is 55.6. The van der Waals surface area contributed by atoms with Gasteiger partial charge in [0.05, 0.1) is 26.4 Å². The van der Waals surface area contributed by atoms with Crippen LogP contribution in [0.15, 0.2) is 0 Å². The lowest BCUT2D eigenvalue weighted by molar-refractivity contribution is -0.161. The van der Waals surface area contributed by atoms with E-state index in [0.717, 1.165) is 120 Å². The minimum atomic E-state index is -4.96. The van der Waals surface area contributed by atoms with Crippen LogP contribution in [0.3, 0.4) is 0 Å². The van der Waals surface area contributed by atoms with E-state index >= 15 is 0 Å². The minimum absolute atomic E-state index is 0.105. The smallest absolute Gasteiger partial charge is 0.462 e. The normalized spacial score (nSPS) is 14.6. The van der Waals surface area contributed by atoms with E-state index in [9.17, 15) is 43.2 Å². The maximum atomic E-state index is 13.1. The van der Waals surface area contributed by atoms with Crippen molar-refractivity contribution in [2.75, 3.05) is 39.6 Å². The highest BCUT2D eigenvalue weighted by molar-refractivity contribution is 7.47. The topological polar surface area (TPSA) is 237 Å². The van der Waals surface area contributed by atoms with E-state index < -0.39 is 97.5 Å². The SMILES string of the molecule is CCC(C)CCCCCCCCCCCCCCCCCCCCC(=O)O[C@H](COC(=O)CCCCCCCCCCCCCC(C)C)COP(=O)(O)OC[C@@H](O)COP(=O)(O)OC[C@@H](COC(=O)CCCCCCCCC(C)CC)OC(=O)CCCCCCCCCCCCC(C)C. The number of hydrogen-bond acceptors (Lipinski definition) is 15. The predicted molar refractivity (Wildman–Crippen MR) is 404 cm³/mol. The summed E-state index contributed by atoms with van der Waals surface area (Å²) in [7, 11) is -9.92. The number of hydrogen-bond donors (Lipinski definition) is 3. The molecule has 0 rings (SSSR count). The van der Waals surface area contributed by atoms with Crippen LogP contribution in [0.5, 0.6) is 0 Å². The molecular formula is C80H156O17P2. The van der Waals surface area contributed by atoms with Crippen molar-refractivity contribution in [2.24, 2.45) is 23.7 Å². The van der Waals surface area contributed by atoms with Crippen molar-refractivity contribution >= 4 is 39.5 Å². The Morgan fingerprint density at radius 2 is 0.485 bits per heavy atom. The van der Waals surface area contributed by atoms with E-state index in [1.165, 1.54) is 205 Å². The van der Waals surface area contributed by atoms with E-state index in [1.807, 2.05) is 0 Å². The van der Waals surface area contributed by atoms with Crippen LogP contribution in [0.2, 0.25) is 0 Å². The minimum Gasteiger partial charge on any atom is -0.462 e. The predicted octanol–water partition coefficient (Wildman–Crippen LogP) is 23.6. The van der Waals surface area contributed by atoms with Crippen molar-refractivity contribution < 1.29 is 80.2 Å². The van der Waals surface area contributed by atoms with E-state index in [-0.39, 0.29) is 25.7 Å². The molecule has 0 amide bonds. The number of rotatable bonds is 77. The standard InChI is InChI=1S/C80H156O17P2/c1-9-72(7)58-50-42-34-28-21-17-15-13-11-12-14-16-18-22-30-36-46-54-62-79(84)96-75(66-90-77(82)60-52-44-35-29-23-19-20-26-32-40-48-56-70(3)4)68-94-98(86,87)92-64-74(81)65-93-99(88,89)95-69-76(67-91-78(83)61-53-45-39-38-43-51-59-73(8)10-2)97-80(85)63-55-47-37-31-25-24-27-33-41-49-57-71(5)6/h70-76,81H,9-69H2,1-8H3,(H,86,87)(H,88,89)/t72?,73?,74-,75-,76-/m1/s1. The van der Waals surface area contributed by atoms with Crippen molar-refractivity contribution in [1.29, 1.82) is 0 Å². The molecule has 0 aromatic carbocycles. The first kappa shape index (κ1) is 97.1. The summed E-state index contributed by atoms with van der Waals surface area (Å²) < 4.78 is 68.6. The van der Waals surface area contributed by atoms with E-state index in [1.54, 1.807) is 0 Å². The summed E-state index contributed by atoms with van der Waals surface area (Å²) in [5.41, 5.74) is 0. The van der Waals surface area contributed by atoms with Gasteiger partial charge in [-0.15, -0.1) is 0 Å². The van der Waals surface area contributed by atoms with E-state index in [4.69, 9.17) is 37.0 Å². The summed E-state index contributed by atoms with van der Waals surface area (Å²) in [5, 5.41) is 10.6. The molecule has 0 saturated carbocycles. The number of esters is 4. The Morgan fingerprint density at radius 3 is 0.717 bits per heavy atom. The second-order valence-corrected chi connectivity index (χ2v) is 33.1. The molecule has 0 aromatic rings. The third-order valence-electron chi connectivity index (χ3n) is 19.3. The molecule has 0 fully saturated rings. The van der Waals surface area contributed by atoms with Gasteiger partial charge >= 0.3 is 39.5 Å². The maximum Gasteiger partial charge on any atom is 0.472 e. The number of aliphatic hydroxyl groups is 1. The Bertz CT molecular complexity index is 1940. The highest BCUT2D eigenvalue weighted by atomic mass is 31.2. The van der Waals surface area contributed by atoms with E-state index in [2.05, 4.69) is 55.4 Å². The Labute approximate surface area is 607 Å². The fraction of sp³-hybridized carbons (Fsp3) is 0.950. The summed E-state index contributed by atoms with van der Waals surface area (Å²) >= 11 is 0. The summed E-state index contributed by atoms with van der Waals surface area (Å²) in [6, 6.07) is 0. The van der Waals surface area contributed by atoms with Crippen LogP contribution in [-0.4, -0.2) is 96.7 Å². The first-order valence-electron chi connectivity index (χ1n) is 41.3. The van der Waals surface area contributed by atoms with Crippen LogP contribution in [0.25, 0.3) is 0 Å². The third kappa shape index (κ3) is 71.5. The average Bonchev–Trinajstić information content (AvgIpc) is 1.21. The first-order valence-corrected chi connectivity index (χ1v) is 44.3. The van der Waals surface area contributed by atoms with Gasteiger partial charge in [-0.25, -0.2) is 9.13 Å². The number of carbonyl (C=O) groups excluding carboxylic acids is 4. The maximum absolute atomic E-state index is 13.1. The molecule has 0 aliphatic heterocycles. The lowest BCUT2D eigenvalue weighted by Crippen LogP contribution is -2.30. The molecule has 7 atom stereocenters. The number of phosphoric acid groups is 2. The quantitative estimate of drug-likeness (QED) is 0.0222. The van der Waals surface area contributed by atoms with Gasteiger partial charge in [-0.3, -0.25) is 37.3 Å². The van der Waals surface area contributed by atoms with Gasteiger partial charge in [0, 0.05) is 25.7 Å². The van der Waals surface area contributed by atoms with Gasteiger partial charge in [0.2, 0.25) is 0 Å². The van der Waals surface area contributed by atoms with Gasteiger partial charge in [0.1, 0.15) is 19.3 Å². The van der Waals surface area contributed by atoms with Crippen LogP contribution in [-0.2, 0) is 65.4 Å². The number of ether oxygens (including phenoxy) is 4. The van der Waals surface area contributed by atoms with Crippen molar-refractivity contribution in [3.63, 3.8) is 0 Å². The van der Waals surface area contributed by atoms with Crippen LogP contribution < -0.4 is 0 Å². The van der Waals surface area contributed by atoms with Crippen LogP contribution >= 0.6 is 15.6 Å². The van der Waals surface area contributed by atoms with Crippen molar-refractivity contribution in [3.05, 3.63) is 0 Å². The molecular weight excluding hydrogens is 1290 g/mol. The Kier molecular flexibility index (Phi) is 67.8. The van der Waals surface area contributed by atoms with Crippen molar-refractivity contribution in [1.82, 2.24) is 0 Å². The zero-order valence-corrected chi connectivity index (χ0v) is 66.9. The molecule has 0 spiro atoms. The number of carbonyl (C=O) groups is 4. The largest absolute Gasteiger partial charge is 0.472 e. The molecule has 4 unspecified atom stereocenters. The molecule has 99 heavy (non-hydrogen) atoms. The lowest BCUT2D eigenvalue weighted by Gasteiger charge is -2.21. The molecule has 588 valence electrons. The summed E-state index contributed by atoms with van der Waals surface area (Å²) in [5.74, 6) is 1.01. The lowest BCUT2D eigenvalue weighted by atomic mass is 9.99. The molecule has 0 radical (unpaired) electrons. The van der Waals surface area contributed by atoms with Crippen molar-refractivity contribution in [3.8, 4) is 0 Å².